The van der Waals surface area contributed by atoms with Crippen molar-refractivity contribution in [3.05, 3.63) is 100 Å². The molecule has 0 radical (unpaired) electrons. The highest BCUT2D eigenvalue weighted by Gasteiger charge is 2.52. The maximum absolute atomic E-state index is 14.3. The number of halogens is 2. The number of carboxylic acid groups (broad SMARTS) is 1. The highest BCUT2D eigenvalue weighted by atomic mass is 35.5. The van der Waals surface area contributed by atoms with E-state index in [1.54, 1.807) is 48.2 Å². The summed E-state index contributed by atoms with van der Waals surface area (Å²) in [4.78, 5) is 28.1. The third kappa shape index (κ3) is 6.52. The van der Waals surface area contributed by atoms with Crippen molar-refractivity contribution >= 4 is 45.1 Å². The van der Waals surface area contributed by atoms with Gasteiger partial charge in [0.25, 0.3) is 0 Å². The number of carbonyl (C=O) groups is 2. The van der Waals surface area contributed by atoms with E-state index in [9.17, 15) is 23.1 Å². The highest BCUT2D eigenvalue weighted by molar-refractivity contribution is 7.89. The van der Waals surface area contributed by atoms with E-state index < -0.39 is 33.5 Å². The summed E-state index contributed by atoms with van der Waals surface area (Å²) < 4.78 is 28.8. The SMILES string of the molecule is CC[C@@H](CNS(=O)(=O)c1ccccc1)N1C(=O)[C@](C)(CC(=O)O)C[C@H](c2cccc(Cl)c2)[C@H]1c1ccc(Cl)cc1. The average Bonchev–Trinajstić information content (AvgIpc) is 2.92. The number of nitrogens with zero attached hydrogens (tertiary/aromatic N) is 1. The average molecular weight is 604 g/mol. The van der Waals surface area contributed by atoms with Crippen LogP contribution in [-0.2, 0) is 19.6 Å². The van der Waals surface area contributed by atoms with Crippen LogP contribution in [0.25, 0.3) is 0 Å². The first-order valence-electron chi connectivity index (χ1n) is 13.1. The molecule has 10 heteroatoms. The van der Waals surface area contributed by atoms with E-state index in [1.165, 1.54) is 12.1 Å². The topological polar surface area (TPSA) is 104 Å². The van der Waals surface area contributed by atoms with Gasteiger partial charge in [0.05, 0.1) is 22.8 Å². The lowest BCUT2D eigenvalue weighted by Crippen LogP contribution is -2.58. The Hall–Kier alpha value is -2.91. The summed E-state index contributed by atoms with van der Waals surface area (Å²) in [6.07, 6.45) is 0.339. The molecule has 1 aliphatic rings. The molecule has 1 saturated heterocycles. The Morgan fingerprint density at radius 3 is 2.30 bits per heavy atom. The standard InChI is InChI=1S/C30H32Cl2N2O5S/c1-3-24(19-33-40(38,39)25-10-5-4-6-11-25)34-28(20-12-14-22(31)15-13-20)26(21-8-7-9-23(32)16-21)17-30(2,29(34)37)18-27(35)36/h4-16,24,26,28,33H,3,17-19H2,1-2H3,(H,35,36)/t24-,26+,28+,30-/m0/s1. The molecule has 0 aromatic heterocycles. The molecule has 0 aliphatic carbocycles. The summed E-state index contributed by atoms with van der Waals surface area (Å²) in [5.74, 6) is -1.73. The van der Waals surface area contributed by atoms with Gasteiger partial charge in [0.2, 0.25) is 15.9 Å². The Morgan fingerprint density at radius 2 is 1.70 bits per heavy atom. The fourth-order valence-corrected chi connectivity index (χ4v) is 7.03. The van der Waals surface area contributed by atoms with Crippen LogP contribution in [0.15, 0.2) is 83.8 Å². The number of hydrogen-bond acceptors (Lipinski definition) is 4. The first kappa shape index (κ1) is 30.1. The van der Waals surface area contributed by atoms with Crippen molar-refractivity contribution in [1.29, 1.82) is 0 Å². The van der Waals surface area contributed by atoms with Crippen molar-refractivity contribution in [2.24, 2.45) is 5.41 Å². The number of rotatable bonds is 10. The number of carbonyl (C=O) groups excluding carboxylic acids is 1. The Labute approximate surface area is 245 Å². The molecule has 0 spiro atoms. The number of sulfonamides is 1. The van der Waals surface area contributed by atoms with E-state index in [-0.39, 0.29) is 36.1 Å². The number of likely N-dealkylation sites (tertiary alicyclic amines) is 1. The van der Waals surface area contributed by atoms with Crippen molar-refractivity contribution in [3.63, 3.8) is 0 Å². The fraction of sp³-hybridized carbons (Fsp3) is 0.333. The van der Waals surface area contributed by atoms with Crippen molar-refractivity contribution in [3.8, 4) is 0 Å². The van der Waals surface area contributed by atoms with Crippen molar-refractivity contribution in [1.82, 2.24) is 9.62 Å². The summed E-state index contributed by atoms with van der Waals surface area (Å²) in [5.41, 5.74) is 0.443. The summed E-state index contributed by atoms with van der Waals surface area (Å²) in [6, 6.07) is 21.5. The van der Waals surface area contributed by atoms with Crippen LogP contribution in [0.3, 0.4) is 0 Å². The largest absolute Gasteiger partial charge is 0.481 e. The second-order valence-electron chi connectivity index (χ2n) is 10.4. The first-order chi connectivity index (χ1) is 18.9. The van der Waals surface area contributed by atoms with Gasteiger partial charge in [-0.25, -0.2) is 13.1 Å². The lowest BCUT2D eigenvalue weighted by molar-refractivity contribution is -0.160. The second kappa shape index (κ2) is 12.3. The normalized spacial score (nSPS) is 22.2. The zero-order chi connectivity index (χ0) is 29.1. The first-order valence-corrected chi connectivity index (χ1v) is 15.3. The number of aliphatic carboxylic acids is 1. The Balaban J connectivity index is 1.83. The lowest BCUT2D eigenvalue weighted by Gasteiger charge is -2.52. The molecule has 2 N–H and O–H groups in total. The molecule has 0 bridgehead atoms. The fourth-order valence-electron chi connectivity index (χ4n) is 5.61. The number of benzene rings is 3. The molecule has 1 fully saturated rings. The Morgan fingerprint density at radius 1 is 1.02 bits per heavy atom. The molecule has 4 atom stereocenters. The summed E-state index contributed by atoms with van der Waals surface area (Å²) >= 11 is 12.6. The van der Waals surface area contributed by atoms with Crippen LogP contribution in [0.1, 0.15) is 56.2 Å². The number of nitrogens with one attached hydrogen (secondary N) is 1. The molecule has 7 nitrogen and oxygen atoms in total. The molecule has 0 unspecified atom stereocenters. The molecule has 1 amide bonds. The molecular weight excluding hydrogens is 571 g/mol. The molecular formula is C30H32Cl2N2O5S. The highest BCUT2D eigenvalue weighted by Crippen LogP contribution is 2.52. The predicted molar refractivity (Wildman–Crippen MR) is 156 cm³/mol. The van der Waals surface area contributed by atoms with Crippen molar-refractivity contribution < 1.29 is 23.1 Å². The third-order valence-electron chi connectivity index (χ3n) is 7.56. The minimum Gasteiger partial charge on any atom is -0.481 e. The van der Waals surface area contributed by atoms with E-state index in [4.69, 9.17) is 23.2 Å². The molecule has 3 aromatic rings. The van der Waals surface area contributed by atoms with Gasteiger partial charge < -0.3 is 10.0 Å². The predicted octanol–water partition coefficient (Wildman–Crippen LogP) is 6.29. The van der Waals surface area contributed by atoms with Gasteiger partial charge in [0.15, 0.2) is 0 Å². The molecule has 1 aliphatic heterocycles. The second-order valence-corrected chi connectivity index (χ2v) is 13.1. The summed E-state index contributed by atoms with van der Waals surface area (Å²) in [6.45, 7) is 3.51. The zero-order valence-electron chi connectivity index (χ0n) is 22.3. The summed E-state index contributed by atoms with van der Waals surface area (Å²) in [5, 5.41) is 10.8. The number of carboxylic acids is 1. The van der Waals surface area contributed by atoms with E-state index in [0.29, 0.717) is 16.5 Å². The van der Waals surface area contributed by atoms with Gasteiger partial charge in [0.1, 0.15) is 0 Å². The van der Waals surface area contributed by atoms with E-state index in [1.807, 2.05) is 37.3 Å². The van der Waals surface area contributed by atoms with E-state index in [0.717, 1.165) is 11.1 Å². The minimum absolute atomic E-state index is 0.0467. The zero-order valence-corrected chi connectivity index (χ0v) is 24.6. The van der Waals surface area contributed by atoms with Gasteiger partial charge in [-0.05, 0) is 60.4 Å². The van der Waals surface area contributed by atoms with Crippen molar-refractivity contribution in [2.45, 2.75) is 56.0 Å². The van der Waals surface area contributed by atoms with Gasteiger partial charge in [-0.2, -0.15) is 0 Å². The van der Waals surface area contributed by atoms with E-state index >= 15 is 0 Å². The monoisotopic (exact) mass is 602 g/mol. The van der Waals surface area contributed by atoms with Crippen molar-refractivity contribution in [2.75, 3.05) is 6.54 Å². The van der Waals surface area contributed by atoms with E-state index in [2.05, 4.69) is 4.72 Å². The molecule has 3 aromatic carbocycles. The third-order valence-corrected chi connectivity index (χ3v) is 9.49. The van der Waals surface area contributed by atoms with Crippen LogP contribution in [0.5, 0.6) is 0 Å². The van der Waals surface area contributed by atoms with Gasteiger partial charge in [-0.1, -0.05) is 79.5 Å². The Bertz CT molecular complexity index is 1470. The molecule has 0 saturated carbocycles. The van der Waals surface area contributed by atoms with Crippen LogP contribution in [0.4, 0.5) is 0 Å². The smallest absolute Gasteiger partial charge is 0.304 e. The molecule has 1 heterocycles. The number of hydrogen-bond donors (Lipinski definition) is 2. The van der Waals surface area contributed by atoms with Gasteiger partial charge in [-0.15, -0.1) is 0 Å². The number of piperidine rings is 1. The minimum atomic E-state index is -3.85. The van der Waals surface area contributed by atoms with Crippen LogP contribution in [0.2, 0.25) is 10.0 Å². The van der Waals surface area contributed by atoms with Crippen LogP contribution < -0.4 is 4.72 Å². The maximum Gasteiger partial charge on any atom is 0.304 e. The van der Waals surface area contributed by atoms with Crippen LogP contribution >= 0.6 is 23.2 Å². The molecule has 212 valence electrons. The Kier molecular flexibility index (Phi) is 9.25. The lowest BCUT2D eigenvalue weighted by atomic mass is 9.67. The van der Waals surface area contributed by atoms with Crippen LogP contribution in [0, 0.1) is 5.41 Å². The molecule has 40 heavy (non-hydrogen) atoms. The van der Waals surface area contributed by atoms with Gasteiger partial charge >= 0.3 is 5.97 Å². The van der Waals surface area contributed by atoms with Crippen LogP contribution in [-0.4, -0.2) is 42.9 Å². The van der Waals surface area contributed by atoms with Gasteiger partial charge in [-0.3, -0.25) is 9.59 Å². The quantitative estimate of drug-likeness (QED) is 0.284. The maximum atomic E-state index is 14.3. The molecule has 4 rings (SSSR count). The number of amides is 1. The van der Waals surface area contributed by atoms with Gasteiger partial charge in [0, 0.05) is 28.5 Å². The summed E-state index contributed by atoms with van der Waals surface area (Å²) in [7, 11) is -3.85.